The number of hydrogen-bond acceptors (Lipinski definition) is 3. The van der Waals surface area contributed by atoms with Gasteiger partial charge in [0.1, 0.15) is 0 Å². The van der Waals surface area contributed by atoms with Crippen molar-refractivity contribution in [1.82, 2.24) is 4.90 Å². The zero-order chi connectivity index (χ0) is 12.4. The van der Waals surface area contributed by atoms with E-state index in [1.165, 1.54) is 0 Å². The van der Waals surface area contributed by atoms with Crippen molar-refractivity contribution in [1.29, 1.82) is 0 Å². The fraction of sp³-hybridized carbons (Fsp3) is 0.417. The van der Waals surface area contributed by atoms with Crippen LogP contribution in [0.1, 0.15) is 5.56 Å². The SMILES string of the molecule is CN1CCN(c2cc(Cl)ccc2CN)CC1=O. The number of rotatable bonds is 2. The molecule has 0 saturated carbocycles. The van der Waals surface area contributed by atoms with E-state index in [1.54, 1.807) is 4.90 Å². The van der Waals surface area contributed by atoms with Crippen molar-refractivity contribution in [2.24, 2.45) is 5.73 Å². The summed E-state index contributed by atoms with van der Waals surface area (Å²) in [4.78, 5) is 15.5. The third-order valence-electron chi connectivity index (χ3n) is 3.07. The van der Waals surface area contributed by atoms with E-state index in [-0.39, 0.29) is 5.91 Å². The van der Waals surface area contributed by atoms with Crippen LogP contribution in [0, 0.1) is 0 Å². The van der Waals surface area contributed by atoms with Gasteiger partial charge in [0.15, 0.2) is 0 Å². The maximum atomic E-state index is 11.7. The summed E-state index contributed by atoms with van der Waals surface area (Å²) in [6.45, 7) is 2.39. The Morgan fingerprint density at radius 3 is 2.82 bits per heavy atom. The molecular formula is C12H16ClN3O. The Morgan fingerprint density at radius 2 is 2.18 bits per heavy atom. The van der Waals surface area contributed by atoms with E-state index in [4.69, 9.17) is 17.3 Å². The Hall–Kier alpha value is -1.26. The number of amides is 1. The van der Waals surface area contributed by atoms with Gasteiger partial charge >= 0.3 is 0 Å². The Labute approximate surface area is 106 Å². The Bertz CT molecular complexity index is 436. The second-order valence-corrected chi connectivity index (χ2v) is 4.65. The van der Waals surface area contributed by atoms with Gasteiger partial charge in [-0.2, -0.15) is 0 Å². The first-order valence-corrected chi connectivity index (χ1v) is 5.97. The monoisotopic (exact) mass is 253 g/mol. The first-order chi connectivity index (χ1) is 8.11. The van der Waals surface area contributed by atoms with Gasteiger partial charge in [-0.15, -0.1) is 0 Å². The standard InChI is InChI=1S/C12H16ClN3O/c1-15-4-5-16(8-12(15)17)11-6-10(13)3-2-9(11)7-14/h2-3,6H,4-5,7-8,14H2,1H3. The first kappa shape index (κ1) is 12.2. The normalized spacial score (nSPS) is 16.5. The summed E-state index contributed by atoms with van der Waals surface area (Å²) in [5.41, 5.74) is 7.70. The number of nitrogens with zero attached hydrogens (tertiary/aromatic N) is 2. The van der Waals surface area contributed by atoms with E-state index in [9.17, 15) is 4.79 Å². The molecule has 0 atom stereocenters. The molecule has 2 N–H and O–H groups in total. The molecule has 1 aliphatic rings. The minimum absolute atomic E-state index is 0.124. The number of benzene rings is 1. The quantitative estimate of drug-likeness (QED) is 0.858. The second kappa shape index (κ2) is 4.94. The highest BCUT2D eigenvalue weighted by Gasteiger charge is 2.22. The number of halogens is 1. The van der Waals surface area contributed by atoms with Gasteiger partial charge in [0.05, 0.1) is 6.54 Å². The van der Waals surface area contributed by atoms with Crippen LogP contribution in [-0.4, -0.2) is 37.5 Å². The predicted molar refractivity (Wildman–Crippen MR) is 69.2 cm³/mol. The first-order valence-electron chi connectivity index (χ1n) is 5.59. The van der Waals surface area contributed by atoms with Crippen LogP contribution in [0.4, 0.5) is 5.69 Å². The van der Waals surface area contributed by atoms with E-state index in [1.807, 2.05) is 30.1 Å². The molecule has 0 unspecified atom stereocenters. The predicted octanol–water partition coefficient (Wildman–Crippen LogP) is 1.08. The highest BCUT2D eigenvalue weighted by Crippen LogP contribution is 2.25. The summed E-state index contributed by atoms with van der Waals surface area (Å²) in [6.07, 6.45) is 0. The average Bonchev–Trinajstić information content (AvgIpc) is 2.32. The molecule has 1 aliphatic heterocycles. The lowest BCUT2D eigenvalue weighted by molar-refractivity contribution is -0.129. The lowest BCUT2D eigenvalue weighted by atomic mass is 10.1. The molecule has 0 aromatic heterocycles. The van der Waals surface area contributed by atoms with Crippen molar-refractivity contribution < 1.29 is 4.79 Å². The zero-order valence-corrected chi connectivity index (χ0v) is 10.6. The zero-order valence-electron chi connectivity index (χ0n) is 9.82. The van der Waals surface area contributed by atoms with E-state index >= 15 is 0 Å². The highest BCUT2D eigenvalue weighted by atomic mass is 35.5. The molecule has 1 heterocycles. The molecule has 5 heteroatoms. The van der Waals surface area contributed by atoms with Crippen molar-refractivity contribution in [2.45, 2.75) is 6.54 Å². The fourth-order valence-electron chi connectivity index (χ4n) is 1.97. The number of piperazine rings is 1. The van der Waals surface area contributed by atoms with Crippen LogP contribution < -0.4 is 10.6 Å². The van der Waals surface area contributed by atoms with Crippen molar-refractivity contribution in [3.63, 3.8) is 0 Å². The van der Waals surface area contributed by atoms with E-state index in [0.717, 1.165) is 24.3 Å². The molecule has 2 rings (SSSR count). The second-order valence-electron chi connectivity index (χ2n) is 4.21. The fourth-order valence-corrected chi connectivity index (χ4v) is 2.13. The van der Waals surface area contributed by atoms with Crippen LogP contribution >= 0.6 is 11.6 Å². The molecule has 92 valence electrons. The highest BCUT2D eigenvalue weighted by molar-refractivity contribution is 6.30. The van der Waals surface area contributed by atoms with Gasteiger partial charge in [0, 0.05) is 37.4 Å². The Kier molecular flexibility index (Phi) is 3.54. The van der Waals surface area contributed by atoms with Gasteiger partial charge in [0.25, 0.3) is 0 Å². The van der Waals surface area contributed by atoms with Gasteiger partial charge in [0.2, 0.25) is 5.91 Å². The minimum atomic E-state index is 0.124. The number of nitrogens with two attached hydrogens (primary N) is 1. The molecule has 0 aliphatic carbocycles. The van der Waals surface area contributed by atoms with Crippen LogP contribution in [-0.2, 0) is 11.3 Å². The number of carbonyl (C=O) groups excluding carboxylic acids is 1. The summed E-state index contributed by atoms with van der Waals surface area (Å²) < 4.78 is 0. The molecular weight excluding hydrogens is 238 g/mol. The minimum Gasteiger partial charge on any atom is -0.360 e. The summed E-state index contributed by atoms with van der Waals surface area (Å²) in [5.74, 6) is 0.124. The van der Waals surface area contributed by atoms with Crippen LogP contribution in [0.25, 0.3) is 0 Å². The van der Waals surface area contributed by atoms with Crippen LogP contribution in [0.5, 0.6) is 0 Å². The molecule has 17 heavy (non-hydrogen) atoms. The average molecular weight is 254 g/mol. The van der Waals surface area contributed by atoms with E-state index in [2.05, 4.69) is 0 Å². The summed E-state index contributed by atoms with van der Waals surface area (Å²) in [5, 5.41) is 0.670. The number of anilines is 1. The Balaban J connectivity index is 2.27. The molecule has 1 fully saturated rings. The molecule has 0 bridgehead atoms. The molecule has 1 amide bonds. The Morgan fingerprint density at radius 1 is 1.41 bits per heavy atom. The van der Waals surface area contributed by atoms with Crippen LogP contribution in [0.3, 0.4) is 0 Å². The third-order valence-corrected chi connectivity index (χ3v) is 3.30. The van der Waals surface area contributed by atoms with Crippen molar-refractivity contribution in [3.8, 4) is 0 Å². The van der Waals surface area contributed by atoms with Crippen molar-refractivity contribution in [2.75, 3.05) is 31.6 Å². The van der Waals surface area contributed by atoms with Crippen molar-refractivity contribution in [3.05, 3.63) is 28.8 Å². The number of carbonyl (C=O) groups is 1. The van der Waals surface area contributed by atoms with Crippen LogP contribution in [0.15, 0.2) is 18.2 Å². The molecule has 1 saturated heterocycles. The van der Waals surface area contributed by atoms with Gasteiger partial charge in [-0.3, -0.25) is 4.79 Å². The maximum Gasteiger partial charge on any atom is 0.241 e. The van der Waals surface area contributed by atoms with Gasteiger partial charge in [-0.25, -0.2) is 0 Å². The topological polar surface area (TPSA) is 49.6 Å². The summed E-state index contributed by atoms with van der Waals surface area (Å²) >= 11 is 6.00. The molecule has 0 spiro atoms. The van der Waals surface area contributed by atoms with Crippen molar-refractivity contribution >= 4 is 23.2 Å². The maximum absolute atomic E-state index is 11.7. The van der Waals surface area contributed by atoms with Gasteiger partial charge in [-0.05, 0) is 17.7 Å². The molecule has 1 aromatic carbocycles. The third kappa shape index (κ3) is 2.53. The molecule has 0 radical (unpaired) electrons. The van der Waals surface area contributed by atoms with Crippen LogP contribution in [0.2, 0.25) is 5.02 Å². The lowest BCUT2D eigenvalue weighted by Crippen LogP contribution is -2.48. The largest absolute Gasteiger partial charge is 0.360 e. The smallest absolute Gasteiger partial charge is 0.241 e. The van der Waals surface area contributed by atoms with E-state index in [0.29, 0.717) is 18.1 Å². The lowest BCUT2D eigenvalue weighted by Gasteiger charge is -2.34. The van der Waals surface area contributed by atoms with Gasteiger partial charge < -0.3 is 15.5 Å². The molecule has 4 nitrogen and oxygen atoms in total. The molecule has 1 aromatic rings. The van der Waals surface area contributed by atoms with Gasteiger partial charge in [-0.1, -0.05) is 17.7 Å². The summed E-state index contributed by atoms with van der Waals surface area (Å²) in [6, 6.07) is 5.62. The summed E-state index contributed by atoms with van der Waals surface area (Å²) in [7, 11) is 1.82. The number of likely N-dealkylation sites (N-methyl/N-ethyl adjacent to an activating group) is 1. The van der Waals surface area contributed by atoms with E-state index < -0.39 is 0 Å². The number of hydrogen-bond donors (Lipinski definition) is 1.